The lowest BCUT2D eigenvalue weighted by Gasteiger charge is -2.28. The Morgan fingerprint density at radius 1 is 1.46 bits per heavy atom. The molecule has 0 saturated carbocycles. The second-order valence-electron chi connectivity index (χ2n) is 2.62. The van der Waals surface area contributed by atoms with E-state index >= 15 is 0 Å². The van der Waals surface area contributed by atoms with E-state index in [-0.39, 0.29) is 13.1 Å². The van der Waals surface area contributed by atoms with Crippen molar-refractivity contribution in [1.29, 1.82) is 0 Å². The molecule has 0 aliphatic carbocycles. The number of carbonyl (C=O) groups is 3. The van der Waals surface area contributed by atoms with E-state index in [1.165, 1.54) is 0 Å². The number of nitrogens with zero attached hydrogens (tertiary/aromatic N) is 1. The largest absolute Gasteiger partial charge is 0.480 e. The number of carboxylic acids is 1. The third-order valence-corrected chi connectivity index (χ3v) is 1.64. The average Bonchev–Trinajstić information content (AvgIpc) is 2.03. The second kappa shape index (κ2) is 3.30. The van der Waals surface area contributed by atoms with Gasteiger partial charge in [0.1, 0.15) is 12.6 Å². The molecule has 1 saturated heterocycles. The SMILES string of the molecule is O=C1CN(C(=O)O)CC(C(=O)O)N1. The number of hydrogen-bond acceptors (Lipinski definition) is 3. The van der Waals surface area contributed by atoms with Crippen LogP contribution >= 0.6 is 0 Å². The quantitative estimate of drug-likeness (QED) is 0.466. The maximum absolute atomic E-state index is 10.8. The van der Waals surface area contributed by atoms with Crippen LogP contribution in [0.4, 0.5) is 4.79 Å². The predicted molar refractivity (Wildman–Crippen MR) is 39.2 cm³/mol. The minimum atomic E-state index is -1.29. The fourth-order valence-electron chi connectivity index (χ4n) is 1.03. The molecule has 2 amide bonds. The van der Waals surface area contributed by atoms with E-state index in [0.29, 0.717) is 0 Å². The summed E-state index contributed by atoms with van der Waals surface area (Å²) in [6.07, 6.45) is -1.29. The van der Waals surface area contributed by atoms with Gasteiger partial charge < -0.3 is 15.5 Å². The maximum Gasteiger partial charge on any atom is 0.407 e. The topological polar surface area (TPSA) is 107 Å². The molecular weight excluding hydrogens is 180 g/mol. The van der Waals surface area contributed by atoms with Crippen LogP contribution in [0.15, 0.2) is 0 Å². The Labute approximate surface area is 72.9 Å². The summed E-state index contributed by atoms with van der Waals surface area (Å²) in [6.45, 7) is -0.518. The van der Waals surface area contributed by atoms with Crippen molar-refractivity contribution in [2.75, 3.05) is 13.1 Å². The minimum absolute atomic E-state index is 0.212. The number of nitrogens with one attached hydrogen (secondary N) is 1. The number of rotatable bonds is 1. The summed E-state index contributed by atoms with van der Waals surface area (Å²) in [4.78, 5) is 32.4. The summed E-state index contributed by atoms with van der Waals surface area (Å²) in [5, 5.41) is 19.2. The minimum Gasteiger partial charge on any atom is -0.480 e. The van der Waals surface area contributed by atoms with E-state index in [2.05, 4.69) is 5.32 Å². The molecule has 7 heteroatoms. The highest BCUT2D eigenvalue weighted by atomic mass is 16.4. The van der Waals surface area contributed by atoms with Gasteiger partial charge in [-0.2, -0.15) is 0 Å². The van der Waals surface area contributed by atoms with Crippen molar-refractivity contribution < 1.29 is 24.6 Å². The molecule has 1 aliphatic heterocycles. The molecule has 7 nitrogen and oxygen atoms in total. The number of carbonyl (C=O) groups excluding carboxylic acids is 1. The van der Waals surface area contributed by atoms with Crippen molar-refractivity contribution >= 4 is 18.0 Å². The first-order chi connectivity index (χ1) is 6.00. The van der Waals surface area contributed by atoms with Gasteiger partial charge in [-0.15, -0.1) is 0 Å². The summed E-state index contributed by atoms with van der Waals surface area (Å²) >= 11 is 0. The molecule has 0 aromatic heterocycles. The van der Waals surface area contributed by atoms with Crippen LogP contribution in [0.1, 0.15) is 0 Å². The van der Waals surface area contributed by atoms with Gasteiger partial charge in [-0.05, 0) is 0 Å². The number of piperazine rings is 1. The molecule has 0 radical (unpaired) electrons. The lowest BCUT2D eigenvalue weighted by molar-refractivity contribution is -0.144. The zero-order valence-electron chi connectivity index (χ0n) is 6.56. The molecule has 72 valence electrons. The highest BCUT2D eigenvalue weighted by molar-refractivity contribution is 5.88. The first-order valence-corrected chi connectivity index (χ1v) is 3.50. The number of hydrogen-bond donors (Lipinski definition) is 3. The Kier molecular flexibility index (Phi) is 2.36. The maximum atomic E-state index is 10.8. The standard InChI is InChI=1S/C6H8N2O5/c9-4-2-8(6(12)13)1-3(7-4)5(10)11/h3H,1-2H2,(H,7,9)(H,10,11)(H,12,13). The highest BCUT2D eigenvalue weighted by Gasteiger charge is 2.31. The Morgan fingerprint density at radius 3 is 2.54 bits per heavy atom. The fraction of sp³-hybridized carbons (Fsp3) is 0.500. The third kappa shape index (κ3) is 2.08. The van der Waals surface area contributed by atoms with Gasteiger partial charge >= 0.3 is 12.1 Å². The normalized spacial score (nSPS) is 22.3. The summed E-state index contributed by atoms with van der Waals surface area (Å²) in [5.41, 5.74) is 0. The molecule has 1 unspecified atom stereocenters. The molecule has 3 N–H and O–H groups in total. The van der Waals surface area contributed by atoms with Crippen LogP contribution in [-0.2, 0) is 9.59 Å². The fourth-order valence-corrected chi connectivity index (χ4v) is 1.03. The van der Waals surface area contributed by atoms with Crippen LogP contribution in [0.5, 0.6) is 0 Å². The zero-order chi connectivity index (χ0) is 10.0. The van der Waals surface area contributed by atoms with Crippen molar-refractivity contribution in [2.45, 2.75) is 6.04 Å². The molecule has 1 rings (SSSR count). The van der Waals surface area contributed by atoms with Gasteiger partial charge in [0.2, 0.25) is 5.91 Å². The van der Waals surface area contributed by atoms with Crippen molar-refractivity contribution in [1.82, 2.24) is 10.2 Å². The molecule has 0 bridgehead atoms. The van der Waals surface area contributed by atoms with Crippen LogP contribution < -0.4 is 5.32 Å². The lowest BCUT2D eigenvalue weighted by Crippen LogP contribution is -2.58. The molecule has 1 atom stereocenters. The van der Waals surface area contributed by atoms with Gasteiger partial charge in [0.05, 0.1) is 6.54 Å². The van der Waals surface area contributed by atoms with Crippen molar-refractivity contribution in [3.8, 4) is 0 Å². The van der Waals surface area contributed by atoms with Gasteiger partial charge in [0, 0.05) is 0 Å². The summed E-state index contributed by atoms with van der Waals surface area (Å²) in [6, 6.07) is -1.14. The van der Waals surface area contributed by atoms with E-state index in [9.17, 15) is 14.4 Å². The molecular formula is C6H8N2O5. The molecule has 13 heavy (non-hydrogen) atoms. The van der Waals surface area contributed by atoms with Gasteiger partial charge in [0.25, 0.3) is 0 Å². The molecule has 1 fully saturated rings. The average molecular weight is 188 g/mol. The van der Waals surface area contributed by atoms with Gasteiger partial charge in [-0.1, -0.05) is 0 Å². The summed E-state index contributed by atoms with van der Waals surface area (Å²) in [5.74, 6) is -1.83. The van der Waals surface area contributed by atoms with E-state index in [0.717, 1.165) is 4.90 Å². The Bertz CT molecular complexity index is 240. The van der Waals surface area contributed by atoms with Gasteiger partial charge in [0.15, 0.2) is 0 Å². The van der Waals surface area contributed by atoms with Crippen LogP contribution in [0.25, 0.3) is 0 Å². The van der Waals surface area contributed by atoms with E-state index < -0.39 is 24.0 Å². The molecule has 0 aromatic rings. The monoisotopic (exact) mass is 188 g/mol. The third-order valence-electron chi connectivity index (χ3n) is 1.64. The first-order valence-electron chi connectivity index (χ1n) is 3.50. The van der Waals surface area contributed by atoms with Crippen LogP contribution in [-0.4, -0.2) is 52.2 Å². The Balaban J connectivity index is 2.68. The molecule has 0 aromatic carbocycles. The molecule has 0 spiro atoms. The second-order valence-corrected chi connectivity index (χ2v) is 2.62. The summed E-state index contributed by atoms with van der Waals surface area (Å²) < 4.78 is 0. The van der Waals surface area contributed by atoms with E-state index in [1.807, 2.05) is 0 Å². The van der Waals surface area contributed by atoms with Crippen molar-refractivity contribution in [2.24, 2.45) is 0 Å². The molecule has 1 heterocycles. The Hall–Kier alpha value is -1.79. The highest BCUT2D eigenvalue weighted by Crippen LogP contribution is 2.00. The van der Waals surface area contributed by atoms with Gasteiger partial charge in [-0.3, -0.25) is 9.69 Å². The number of aliphatic carboxylic acids is 1. The van der Waals surface area contributed by atoms with Crippen molar-refractivity contribution in [3.05, 3.63) is 0 Å². The summed E-state index contributed by atoms with van der Waals surface area (Å²) in [7, 11) is 0. The van der Waals surface area contributed by atoms with Crippen LogP contribution in [0.3, 0.4) is 0 Å². The smallest absolute Gasteiger partial charge is 0.407 e. The lowest BCUT2D eigenvalue weighted by atomic mass is 10.2. The van der Waals surface area contributed by atoms with E-state index in [1.54, 1.807) is 0 Å². The van der Waals surface area contributed by atoms with Crippen LogP contribution in [0, 0.1) is 0 Å². The number of amides is 2. The molecule has 1 aliphatic rings. The zero-order valence-corrected chi connectivity index (χ0v) is 6.56. The Morgan fingerprint density at radius 2 is 2.08 bits per heavy atom. The van der Waals surface area contributed by atoms with Gasteiger partial charge in [-0.25, -0.2) is 9.59 Å². The van der Waals surface area contributed by atoms with Crippen LogP contribution in [0.2, 0.25) is 0 Å². The van der Waals surface area contributed by atoms with E-state index in [4.69, 9.17) is 10.2 Å². The van der Waals surface area contributed by atoms with Crippen molar-refractivity contribution in [3.63, 3.8) is 0 Å². The number of carboxylic acid groups (broad SMARTS) is 2. The first kappa shape index (κ1) is 9.30. The predicted octanol–water partition coefficient (Wildman–Crippen LogP) is -1.45.